The fourth-order valence-corrected chi connectivity index (χ4v) is 2.64. The highest BCUT2D eigenvalue weighted by Crippen LogP contribution is 2.43. The van der Waals surface area contributed by atoms with Crippen LogP contribution in [0.1, 0.15) is 11.5 Å². The standard InChI is InChI=1S/C12H8Cl4O2/c13-8-3-1-2-6(9(8)14)7-4-5-12(17,18)11(16)10(7)15/h1-5,7,17-18H. The van der Waals surface area contributed by atoms with Crippen LogP contribution in [0.2, 0.25) is 10.0 Å². The van der Waals surface area contributed by atoms with Crippen molar-refractivity contribution in [1.82, 2.24) is 0 Å². The predicted octanol–water partition coefficient (Wildman–Crippen LogP) is 4.02. The van der Waals surface area contributed by atoms with Crippen LogP contribution in [0.3, 0.4) is 0 Å². The van der Waals surface area contributed by atoms with Gasteiger partial charge in [0.15, 0.2) is 0 Å². The Hall–Kier alpha value is -0.220. The van der Waals surface area contributed by atoms with Gasteiger partial charge in [-0.3, -0.25) is 0 Å². The summed E-state index contributed by atoms with van der Waals surface area (Å²) in [7, 11) is 0. The minimum Gasteiger partial charge on any atom is -0.358 e. The topological polar surface area (TPSA) is 40.5 Å². The van der Waals surface area contributed by atoms with Gasteiger partial charge in [-0.1, -0.05) is 64.6 Å². The summed E-state index contributed by atoms with van der Waals surface area (Å²) in [5.41, 5.74) is 0.652. The lowest BCUT2D eigenvalue weighted by Crippen LogP contribution is -2.29. The van der Waals surface area contributed by atoms with Crippen molar-refractivity contribution in [2.75, 3.05) is 0 Å². The summed E-state index contributed by atoms with van der Waals surface area (Å²) in [6, 6.07) is 5.13. The van der Waals surface area contributed by atoms with Gasteiger partial charge in [-0.15, -0.1) is 0 Å². The third-order valence-corrected chi connectivity index (χ3v) is 4.48. The second-order valence-corrected chi connectivity index (χ2v) is 5.44. The van der Waals surface area contributed by atoms with Gasteiger partial charge in [0, 0.05) is 11.0 Å². The molecule has 0 spiro atoms. The predicted molar refractivity (Wildman–Crippen MR) is 74.2 cm³/mol. The minimum atomic E-state index is -2.24. The van der Waals surface area contributed by atoms with E-state index in [1.165, 1.54) is 6.08 Å². The monoisotopic (exact) mass is 324 g/mol. The van der Waals surface area contributed by atoms with Gasteiger partial charge < -0.3 is 10.2 Å². The number of halogens is 4. The van der Waals surface area contributed by atoms with E-state index in [1.807, 2.05) is 0 Å². The molecule has 0 amide bonds. The van der Waals surface area contributed by atoms with Crippen molar-refractivity contribution in [2.24, 2.45) is 0 Å². The zero-order valence-electron chi connectivity index (χ0n) is 8.87. The number of hydrogen-bond acceptors (Lipinski definition) is 2. The maximum atomic E-state index is 9.54. The van der Waals surface area contributed by atoms with Crippen LogP contribution in [0.25, 0.3) is 0 Å². The molecule has 1 atom stereocenters. The van der Waals surface area contributed by atoms with Crippen molar-refractivity contribution in [3.63, 3.8) is 0 Å². The second-order valence-electron chi connectivity index (χ2n) is 3.87. The Morgan fingerprint density at radius 2 is 1.72 bits per heavy atom. The van der Waals surface area contributed by atoms with Crippen LogP contribution in [-0.2, 0) is 0 Å². The highest BCUT2D eigenvalue weighted by Gasteiger charge is 2.34. The third kappa shape index (κ3) is 2.42. The van der Waals surface area contributed by atoms with Gasteiger partial charge in [0.25, 0.3) is 0 Å². The molecule has 2 nitrogen and oxygen atoms in total. The normalized spacial score (nSPS) is 22.4. The van der Waals surface area contributed by atoms with Crippen LogP contribution in [0, 0.1) is 0 Å². The molecule has 0 aliphatic heterocycles. The maximum Gasteiger partial charge on any atom is 0.222 e. The molecule has 1 aliphatic carbocycles. The smallest absolute Gasteiger partial charge is 0.222 e. The van der Waals surface area contributed by atoms with E-state index in [9.17, 15) is 10.2 Å². The van der Waals surface area contributed by atoms with E-state index in [0.29, 0.717) is 15.6 Å². The van der Waals surface area contributed by atoms with Gasteiger partial charge in [0.2, 0.25) is 5.79 Å². The van der Waals surface area contributed by atoms with Gasteiger partial charge >= 0.3 is 0 Å². The minimum absolute atomic E-state index is 0.105. The number of rotatable bonds is 1. The molecule has 0 saturated carbocycles. The Morgan fingerprint density at radius 1 is 1.06 bits per heavy atom. The van der Waals surface area contributed by atoms with Gasteiger partial charge in [-0.05, 0) is 17.7 Å². The molecule has 1 aromatic rings. The summed E-state index contributed by atoms with van der Waals surface area (Å²) >= 11 is 23.9. The van der Waals surface area contributed by atoms with Crippen LogP contribution in [-0.4, -0.2) is 16.0 Å². The lowest BCUT2D eigenvalue weighted by Gasteiger charge is -2.27. The Kier molecular flexibility index (Phi) is 3.98. The lowest BCUT2D eigenvalue weighted by molar-refractivity contribution is -0.0799. The average molecular weight is 326 g/mol. The fourth-order valence-electron chi connectivity index (χ4n) is 1.70. The number of benzene rings is 1. The first-order chi connectivity index (χ1) is 8.34. The first-order valence-electron chi connectivity index (χ1n) is 4.98. The summed E-state index contributed by atoms with van der Waals surface area (Å²) in [6.45, 7) is 0. The van der Waals surface area contributed by atoms with Gasteiger partial charge in [0.1, 0.15) is 0 Å². The molecule has 0 bridgehead atoms. The van der Waals surface area contributed by atoms with Crippen molar-refractivity contribution < 1.29 is 10.2 Å². The molecule has 1 unspecified atom stereocenters. The largest absolute Gasteiger partial charge is 0.358 e. The molecule has 0 saturated heterocycles. The first kappa shape index (κ1) is 14.2. The van der Waals surface area contributed by atoms with Crippen molar-refractivity contribution in [2.45, 2.75) is 11.7 Å². The van der Waals surface area contributed by atoms with Crippen LogP contribution in [0.5, 0.6) is 0 Å². The number of allylic oxidation sites excluding steroid dienone is 2. The Morgan fingerprint density at radius 3 is 2.39 bits per heavy atom. The molecule has 18 heavy (non-hydrogen) atoms. The molecular weight excluding hydrogens is 318 g/mol. The quantitative estimate of drug-likeness (QED) is 0.605. The van der Waals surface area contributed by atoms with E-state index >= 15 is 0 Å². The Labute approximate surface area is 124 Å². The van der Waals surface area contributed by atoms with Crippen molar-refractivity contribution in [3.8, 4) is 0 Å². The first-order valence-corrected chi connectivity index (χ1v) is 6.49. The zero-order valence-corrected chi connectivity index (χ0v) is 11.9. The molecule has 96 valence electrons. The van der Waals surface area contributed by atoms with Gasteiger partial charge in [-0.25, -0.2) is 0 Å². The second kappa shape index (κ2) is 5.04. The lowest BCUT2D eigenvalue weighted by atomic mass is 9.92. The van der Waals surface area contributed by atoms with E-state index in [2.05, 4.69) is 0 Å². The summed E-state index contributed by atoms with van der Waals surface area (Å²) < 4.78 is 0. The molecular formula is C12H8Cl4O2. The zero-order chi connectivity index (χ0) is 13.5. The molecule has 1 aromatic carbocycles. The van der Waals surface area contributed by atoms with E-state index < -0.39 is 11.7 Å². The Bertz CT molecular complexity index is 549. The maximum absolute atomic E-state index is 9.54. The summed E-state index contributed by atoms with van der Waals surface area (Å²) in [6.07, 6.45) is 2.68. The molecule has 1 aliphatic rings. The van der Waals surface area contributed by atoms with Crippen LogP contribution >= 0.6 is 46.4 Å². The summed E-state index contributed by atoms with van der Waals surface area (Å²) in [5, 5.41) is 19.7. The average Bonchev–Trinajstić information content (AvgIpc) is 2.31. The highest BCUT2D eigenvalue weighted by molar-refractivity contribution is 6.43. The van der Waals surface area contributed by atoms with Gasteiger partial charge in [-0.2, -0.15) is 0 Å². The molecule has 6 heteroatoms. The van der Waals surface area contributed by atoms with E-state index in [-0.39, 0.29) is 10.1 Å². The third-order valence-electron chi connectivity index (χ3n) is 2.64. The molecule has 0 fully saturated rings. The van der Waals surface area contributed by atoms with E-state index in [4.69, 9.17) is 46.4 Å². The molecule has 0 aromatic heterocycles. The molecule has 0 heterocycles. The van der Waals surface area contributed by atoms with E-state index in [1.54, 1.807) is 18.2 Å². The van der Waals surface area contributed by atoms with Crippen LogP contribution in [0.15, 0.2) is 40.4 Å². The highest BCUT2D eigenvalue weighted by atomic mass is 35.5. The summed E-state index contributed by atoms with van der Waals surface area (Å²) in [5.74, 6) is -2.68. The number of hydrogen-bond donors (Lipinski definition) is 2. The van der Waals surface area contributed by atoms with Crippen molar-refractivity contribution in [3.05, 3.63) is 56.0 Å². The van der Waals surface area contributed by atoms with Gasteiger partial charge in [0.05, 0.1) is 15.1 Å². The SMILES string of the molecule is OC1(O)C=CC(c2cccc(Cl)c2Cl)C(Cl)=C1Cl. The van der Waals surface area contributed by atoms with Crippen LogP contribution < -0.4 is 0 Å². The van der Waals surface area contributed by atoms with E-state index in [0.717, 1.165) is 6.08 Å². The molecule has 2 N–H and O–H groups in total. The summed E-state index contributed by atoms with van der Waals surface area (Å²) in [4.78, 5) is 0. The Balaban J connectivity index is 2.51. The number of aliphatic hydroxyl groups is 2. The van der Waals surface area contributed by atoms with Crippen molar-refractivity contribution >= 4 is 46.4 Å². The fraction of sp³-hybridized carbons (Fsp3) is 0.167. The molecule has 2 rings (SSSR count). The van der Waals surface area contributed by atoms with Crippen molar-refractivity contribution in [1.29, 1.82) is 0 Å². The van der Waals surface area contributed by atoms with Crippen LogP contribution in [0.4, 0.5) is 0 Å². The molecule has 0 radical (unpaired) electrons.